The summed E-state index contributed by atoms with van der Waals surface area (Å²) in [6.45, 7) is 12.6. The average Bonchev–Trinajstić information content (AvgIpc) is 3.15. The van der Waals surface area contributed by atoms with Crippen molar-refractivity contribution in [2.75, 3.05) is 0 Å². The molecule has 4 heteroatoms. The molecule has 0 aromatic heterocycles. The van der Waals surface area contributed by atoms with Crippen LogP contribution in [0.1, 0.15) is 125 Å². The molecule has 0 aromatic rings. The van der Waals surface area contributed by atoms with Crippen molar-refractivity contribution in [3.63, 3.8) is 0 Å². The molecule has 0 aromatic carbocycles. The average molecular weight is 488 g/mol. The van der Waals surface area contributed by atoms with Crippen molar-refractivity contribution in [1.82, 2.24) is 5.32 Å². The maximum Gasteiger partial charge on any atom is 0.303 e. The number of carboxylic acid groups (broad SMARTS) is 1. The first-order valence-corrected chi connectivity index (χ1v) is 15.1. The molecule has 0 heterocycles. The lowest BCUT2D eigenvalue weighted by Gasteiger charge is -2.61. The SMILES string of the molecule is CC(C)CCC[C@@H](C)[C@H]1CCC2C3CCC4C[C@@H](NC(=O)CCC(=O)O)CC[C@]4(C)C3CC[C@@]21C. The number of rotatable bonds is 9. The number of amides is 1. The molecule has 0 spiro atoms. The Labute approximate surface area is 214 Å². The van der Waals surface area contributed by atoms with Gasteiger partial charge in [0.1, 0.15) is 0 Å². The second-order valence-electron chi connectivity index (χ2n) is 14.1. The van der Waals surface area contributed by atoms with E-state index in [4.69, 9.17) is 5.11 Å². The van der Waals surface area contributed by atoms with Crippen LogP contribution >= 0.6 is 0 Å². The van der Waals surface area contributed by atoms with Gasteiger partial charge in [-0.15, -0.1) is 0 Å². The Morgan fingerprint density at radius 3 is 2.31 bits per heavy atom. The van der Waals surface area contributed by atoms with Gasteiger partial charge >= 0.3 is 5.97 Å². The third-order valence-corrected chi connectivity index (χ3v) is 11.8. The van der Waals surface area contributed by atoms with Crippen molar-refractivity contribution in [2.24, 2.45) is 52.3 Å². The van der Waals surface area contributed by atoms with Gasteiger partial charge in [0.2, 0.25) is 5.91 Å². The van der Waals surface area contributed by atoms with Gasteiger partial charge in [-0.05, 0) is 110 Å². The van der Waals surface area contributed by atoms with Crippen LogP contribution in [0.2, 0.25) is 0 Å². The Balaban J connectivity index is 1.37. The van der Waals surface area contributed by atoms with E-state index in [0.717, 1.165) is 48.3 Å². The predicted octanol–water partition coefficient (Wildman–Crippen LogP) is 7.46. The third-order valence-electron chi connectivity index (χ3n) is 11.8. The number of hydrogen-bond acceptors (Lipinski definition) is 2. The van der Waals surface area contributed by atoms with Crippen LogP contribution < -0.4 is 5.32 Å². The Hall–Kier alpha value is -1.06. The van der Waals surface area contributed by atoms with E-state index < -0.39 is 5.97 Å². The van der Waals surface area contributed by atoms with Crippen LogP contribution in [0.4, 0.5) is 0 Å². The molecule has 9 atom stereocenters. The van der Waals surface area contributed by atoms with Crippen LogP contribution in [0.3, 0.4) is 0 Å². The number of carboxylic acids is 1. The van der Waals surface area contributed by atoms with Crippen molar-refractivity contribution in [2.45, 2.75) is 131 Å². The summed E-state index contributed by atoms with van der Waals surface area (Å²) in [5, 5.41) is 12.1. The van der Waals surface area contributed by atoms with Crippen LogP contribution in [-0.4, -0.2) is 23.0 Å². The molecular weight excluding hydrogens is 434 g/mol. The summed E-state index contributed by atoms with van der Waals surface area (Å²) in [5.74, 6) is 5.04. The smallest absolute Gasteiger partial charge is 0.303 e. The number of nitrogens with one attached hydrogen (secondary N) is 1. The monoisotopic (exact) mass is 487 g/mol. The maximum absolute atomic E-state index is 12.3. The molecule has 2 N–H and O–H groups in total. The Kier molecular flexibility index (Phi) is 8.28. The van der Waals surface area contributed by atoms with Gasteiger partial charge in [-0.1, -0.05) is 53.9 Å². The molecule has 0 bridgehead atoms. The van der Waals surface area contributed by atoms with Crippen LogP contribution in [0.5, 0.6) is 0 Å². The summed E-state index contributed by atoms with van der Waals surface area (Å²) in [4.78, 5) is 23.1. The standard InChI is InChI=1S/C31H53NO3/c1-20(2)7-6-8-21(3)25-11-12-26-24-10-9-22-19-23(32-28(33)13-14-29(34)35)15-17-30(22,4)27(24)16-18-31(25,26)5/h20-27H,6-19H2,1-5H3,(H,32,33)(H,34,35)/t21-,22?,23+,24?,25-,26?,27?,30+,31-/m1/s1. The van der Waals surface area contributed by atoms with Crippen molar-refractivity contribution in [3.05, 3.63) is 0 Å². The minimum absolute atomic E-state index is 0.0685. The highest BCUT2D eigenvalue weighted by atomic mass is 16.4. The molecule has 4 aliphatic rings. The first kappa shape index (κ1) is 27.0. The summed E-state index contributed by atoms with van der Waals surface area (Å²) >= 11 is 0. The van der Waals surface area contributed by atoms with Crippen molar-refractivity contribution >= 4 is 11.9 Å². The molecule has 200 valence electrons. The number of fused-ring (bicyclic) bond motifs is 5. The molecule has 4 fully saturated rings. The lowest BCUT2D eigenvalue weighted by Crippen LogP contribution is -2.55. The number of carbonyl (C=O) groups is 2. The fraction of sp³-hybridized carbons (Fsp3) is 0.935. The van der Waals surface area contributed by atoms with E-state index in [0.29, 0.717) is 16.7 Å². The first-order chi connectivity index (χ1) is 16.5. The number of hydrogen-bond donors (Lipinski definition) is 2. The molecule has 4 saturated carbocycles. The predicted molar refractivity (Wildman–Crippen MR) is 142 cm³/mol. The zero-order valence-corrected chi connectivity index (χ0v) is 23.3. The summed E-state index contributed by atoms with van der Waals surface area (Å²) in [7, 11) is 0. The lowest BCUT2D eigenvalue weighted by atomic mass is 9.44. The molecule has 4 rings (SSSR count). The van der Waals surface area contributed by atoms with E-state index in [9.17, 15) is 9.59 Å². The van der Waals surface area contributed by atoms with Gasteiger partial charge in [-0.3, -0.25) is 9.59 Å². The van der Waals surface area contributed by atoms with E-state index in [1.807, 2.05) is 0 Å². The zero-order valence-electron chi connectivity index (χ0n) is 23.3. The second-order valence-corrected chi connectivity index (χ2v) is 14.1. The molecule has 4 nitrogen and oxygen atoms in total. The zero-order chi connectivity index (χ0) is 25.4. The topological polar surface area (TPSA) is 66.4 Å². The lowest BCUT2D eigenvalue weighted by molar-refractivity contribution is -0.139. The molecule has 1 amide bonds. The Bertz CT molecular complexity index is 764. The molecule has 4 unspecified atom stereocenters. The summed E-state index contributed by atoms with van der Waals surface area (Å²) in [6.07, 6.45) is 16.1. The quantitative estimate of drug-likeness (QED) is 0.355. The minimum atomic E-state index is -0.891. The van der Waals surface area contributed by atoms with Crippen molar-refractivity contribution in [1.29, 1.82) is 0 Å². The highest BCUT2D eigenvalue weighted by molar-refractivity contribution is 5.80. The maximum atomic E-state index is 12.3. The van der Waals surface area contributed by atoms with Gasteiger partial charge in [0, 0.05) is 12.5 Å². The summed E-state index contributed by atoms with van der Waals surface area (Å²) in [6, 6.07) is 0.238. The Morgan fingerprint density at radius 1 is 0.886 bits per heavy atom. The fourth-order valence-electron chi connectivity index (χ4n) is 9.93. The van der Waals surface area contributed by atoms with Gasteiger partial charge in [-0.2, -0.15) is 0 Å². The molecule has 0 saturated heterocycles. The third kappa shape index (κ3) is 5.47. The molecule has 0 radical (unpaired) electrons. The molecule has 35 heavy (non-hydrogen) atoms. The van der Waals surface area contributed by atoms with E-state index in [-0.39, 0.29) is 24.8 Å². The molecule has 0 aliphatic heterocycles. The first-order valence-electron chi connectivity index (χ1n) is 15.1. The van der Waals surface area contributed by atoms with Gasteiger partial charge < -0.3 is 10.4 Å². The highest BCUT2D eigenvalue weighted by Gasteiger charge is 2.60. The number of carbonyl (C=O) groups excluding carboxylic acids is 1. The fourth-order valence-corrected chi connectivity index (χ4v) is 9.93. The highest BCUT2D eigenvalue weighted by Crippen LogP contribution is 2.68. The molecule has 4 aliphatic carbocycles. The van der Waals surface area contributed by atoms with E-state index in [1.165, 1.54) is 64.2 Å². The second kappa shape index (κ2) is 10.7. The number of aliphatic carboxylic acids is 1. The molecular formula is C31H53NO3. The minimum Gasteiger partial charge on any atom is -0.481 e. The normalized spacial score (nSPS) is 41.5. The van der Waals surface area contributed by atoms with Crippen molar-refractivity contribution in [3.8, 4) is 0 Å². The van der Waals surface area contributed by atoms with E-state index in [2.05, 4.69) is 39.9 Å². The largest absolute Gasteiger partial charge is 0.481 e. The van der Waals surface area contributed by atoms with Gasteiger partial charge in [0.05, 0.1) is 6.42 Å². The van der Waals surface area contributed by atoms with Crippen LogP contribution in [0.25, 0.3) is 0 Å². The van der Waals surface area contributed by atoms with Gasteiger partial charge in [0.25, 0.3) is 0 Å². The van der Waals surface area contributed by atoms with E-state index >= 15 is 0 Å². The van der Waals surface area contributed by atoms with Crippen LogP contribution in [0, 0.1) is 52.3 Å². The van der Waals surface area contributed by atoms with E-state index in [1.54, 1.807) is 0 Å². The Morgan fingerprint density at radius 2 is 1.60 bits per heavy atom. The van der Waals surface area contributed by atoms with Gasteiger partial charge in [-0.25, -0.2) is 0 Å². The van der Waals surface area contributed by atoms with Crippen LogP contribution in [0.15, 0.2) is 0 Å². The van der Waals surface area contributed by atoms with Crippen molar-refractivity contribution < 1.29 is 14.7 Å². The van der Waals surface area contributed by atoms with Crippen LogP contribution in [-0.2, 0) is 9.59 Å². The summed E-state index contributed by atoms with van der Waals surface area (Å²) < 4.78 is 0. The van der Waals surface area contributed by atoms with Gasteiger partial charge in [0.15, 0.2) is 0 Å². The summed E-state index contributed by atoms with van der Waals surface area (Å²) in [5.41, 5.74) is 0.977.